The van der Waals surface area contributed by atoms with Gasteiger partial charge in [-0.1, -0.05) is 32.5 Å². The van der Waals surface area contributed by atoms with Gasteiger partial charge >= 0.3 is 5.97 Å². The molecule has 7 heteroatoms. The van der Waals surface area contributed by atoms with Crippen molar-refractivity contribution in [3.05, 3.63) is 35.4 Å². The predicted molar refractivity (Wildman–Crippen MR) is 99.5 cm³/mol. The molecule has 0 aliphatic heterocycles. The van der Waals surface area contributed by atoms with Crippen LogP contribution in [0.1, 0.15) is 56.6 Å². The van der Waals surface area contributed by atoms with Crippen LogP contribution in [0.15, 0.2) is 27.8 Å². The van der Waals surface area contributed by atoms with Gasteiger partial charge in [-0.25, -0.2) is 14.8 Å². The third kappa shape index (κ3) is 4.98. The van der Waals surface area contributed by atoms with E-state index in [1.165, 1.54) is 17.8 Å². The third-order valence-corrected chi connectivity index (χ3v) is 4.63. The molecule has 0 atom stereocenters. The Balaban J connectivity index is 2.25. The number of nitrogens with zero attached hydrogens (tertiary/aromatic N) is 3. The van der Waals surface area contributed by atoms with E-state index in [2.05, 4.69) is 49.5 Å². The van der Waals surface area contributed by atoms with Gasteiger partial charge < -0.3 is 14.4 Å². The van der Waals surface area contributed by atoms with Crippen molar-refractivity contribution < 1.29 is 14.3 Å². The van der Waals surface area contributed by atoms with Crippen LogP contribution >= 0.6 is 11.8 Å². The fraction of sp³-hybridized carbons (Fsp3) is 0.500. The number of furan rings is 1. The first-order chi connectivity index (χ1) is 11.7. The van der Waals surface area contributed by atoms with Crippen LogP contribution in [-0.4, -0.2) is 34.1 Å². The lowest BCUT2D eigenvalue weighted by Crippen LogP contribution is -2.25. The van der Waals surface area contributed by atoms with Crippen LogP contribution in [0.3, 0.4) is 0 Å². The van der Waals surface area contributed by atoms with Crippen LogP contribution in [0.4, 0.5) is 5.82 Å². The summed E-state index contributed by atoms with van der Waals surface area (Å²) in [4.78, 5) is 22.4. The Morgan fingerprint density at radius 2 is 1.92 bits per heavy atom. The van der Waals surface area contributed by atoms with Crippen LogP contribution < -0.4 is 4.90 Å². The molecule has 0 saturated carbocycles. The van der Waals surface area contributed by atoms with Gasteiger partial charge in [0.15, 0.2) is 5.16 Å². The first-order valence-corrected chi connectivity index (χ1v) is 9.32. The fourth-order valence-corrected chi connectivity index (χ4v) is 3.02. The summed E-state index contributed by atoms with van der Waals surface area (Å²) in [6, 6.07) is 5.19. The predicted octanol–water partition coefficient (Wildman–Crippen LogP) is 4.20. The fourth-order valence-electron chi connectivity index (χ4n) is 2.28. The monoisotopic (exact) mass is 363 g/mol. The van der Waals surface area contributed by atoms with Gasteiger partial charge in [-0.05, 0) is 26.0 Å². The number of aromatic carboxylic acids is 1. The number of carboxylic acids is 1. The van der Waals surface area contributed by atoms with E-state index in [1.807, 2.05) is 6.07 Å². The van der Waals surface area contributed by atoms with E-state index in [4.69, 9.17) is 9.52 Å². The molecule has 0 saturated heterocycles. The molecule has 0 amide bonds. The van der Waals surface area contributed by atoms with Gasteiger partial charge in [0.25, 0.3) is 0 Å². The van der Waals surface area contributed by atoms with Crippen LogP contribution in [-0.2, 0) is 11.2 Å². The second kappa shape index (κ2) is 7.91. The highest BCUT2D eigenvalue weighted by Gasteiger charge is 2.20. The lowest BCUT2D eigenvalue weighted by atomic mass is 9.92. The third-order valence-electron chi connectivity index (χ3n) is 3.76. The van der Waals surface area contributed by atoms with Crippen molar-refractivity contribution >= 4 is 23.5 Å². The van der Waals surface area contributed by atoms with E-state index in [-0.39, 0.29) is 11.2 Å². The lowest BCUT2D eigenvalue weighted by Gasteiger charge is -2.24. The molecule has 0 radical (unpaired) electrons. The van der Waals surface area contributed by atoms with Crippen molar-refractivity contribution in [2.75, 3.05) is 18.0 Å². The van der Waals surface area contributed by atoms with Gasteiger partial charge in [0.05, 0.1) is 11.4 Å². The van der Waals surface area contributed by atoms with Crippen molar-refractivity contribution in [1.29, 1.82) is 0 Å². The molecule has 0 fully saturated rings. The SMILES string of the molecule is CCN(CC)c1cc(C(C)(C)C)nc(SCc2ccc(C(=O)O)o2)n1. The summed E-state index contributed by atoms with van der Waals surface area (Å²) >= 11 is 1.45. The van der Waals surface area contributed by atoms with Gasteiger partial charge in [0, 0.05) is 24.6 Å². The maximum atomic E-state index is 10.9. The van der Waals surface area contributed by atoms with Crippen LogP contribution in [0.2, 0.25) is 0 Å². The van der Waals surface area contributed by atoms with Crippen molar-refractivity contribution in [2.24, 2.45) is 0 Å². The lowest BCUT2D eigenvalue weighted by molar-refractivity contribution is 0.0661. The second-order valence-corrected chi connectivity index (χ2v) is 7.62. The highest BCUT2D eigenvalue weighted by molar-refractivity contribution is 7.98. The number of thioether (sulfide) groups is 1. The quantitative estimate of drug-likeness (QED) is 0.583. The summed E-state index contributed by atoms with van der Waals surface area (Å²) in [5.41, 5.74) is 0.902. The Hall–Kier alpha value is -2.02. The largest absolute Gasteiger partial charge is 0.475 e. The number of aromatic nitrogens is 2. The molecule has 2 aromatic heterocycles. The minimum Gasteiger partial charge on any atom is -0.475 e. The number of carboxylic acid groups (broad SMARTS) is 1. The molecule has 1 N–H and O–H groups in total. The van der Waals surface area contributed by atoms with E-state index >= 15 is 0 Å². The highest BCUT2D eigenvalue weighted by atomic mass is 32.2. The van der Waals surface area contributed by atoms with Crippen LogP contribution in [0.5, 0.6) is 0 Å². The zero-order valence-corrected chi connectivity index (χ0v) is 16.2. The topological polar surface area (TPSA) is 79.5 Å². The van der Waals surface area contributed by atoms with Gasteiger partial charge in [-0.3, -0.25) is 0 Å². The summed E-state index contributed by atoms with van der Waals surface area (Å²) in [5, 5.41) is 9.60. The zero-order valence-electron chi connectivity index (χ0n) is 15.4. The van der Waals surface area contributed by atoms with Crippen LogP contribution in [0.25, 0.3) is 0 Å². The Bertz CT molecular complexity index is 733. The second-order valence-electron chi connectivity index (χ2n) is 6.68. The summed E-state index contributed by atoms with van der Waals surface area (Å²) in [6.45, 7) is 12.3. The first kappa shape index (κ1) is 19.3. The maximum absolute atomic E-state index is 10.9. The zero-order chi connectivity index (χ0) is 18.6. The molecule has 0 bridgehead atoms. The highest BCUT2D eigenvalue weighted by Crippen LogP contribution is 2.28. The molecule has 2 heterocycles. The van der Waals surface area contributed by atoms with Gasteiger partial charge in [-0.2, -0.15) is 0 Å². The maximum Gasteiger partial charge on any atom is 0.371 e. The average Bonchev–Trinajstić information content (AvgIpc) is 3.02. The molecule has 2 rings (SSSR count). The van der Waals surface area contributed by atoms with E-state index in [9.17, 15) is 4.79 Å². The number of rotatable bonds is 7. The number of hydrogen-bond donors (Lipinski definition) is 1. The molecule has 0 spiro atoms. The van der Waals surface area contributed by atoms with E-state index in [0.29, 0.717) is 16.7 Å². The van der Waals surface area contributed by atoms with E-state index in [0.717, 1.165) is 24.6 Å². The summed E-state index contributed by atoms with van der Waals surface area (Å²) in [6.07, 6.45) is 0. The minimum absolute atomic E-state index is 0.0520. The number of anilines is 1. The van der Waals surface area contributed by atoms with E-state index < -0.39 is 5.97 Å². The molecular formula is C18H25N3O3S. The molecule has 0 aromatic carbocycles. The van der Waals surface area contributed by atoms with Crippen molar-refractivity contribution in [3.63, 3.8) is 0 Å². The molecule has 2 aromatic rings. The smallest absolute Gasteiger partial charge is 0.371 e. The van der Waals surface area contributed by atoms with Gasteiger partial charge in [0.2, 0.25) is 5.76 Å². The normalized spacial score (nSPS) is 11.6. The molecule has 25 heavy (non-hydrogen) atoms. The Morgan fingerprint density at radius 1 is 1.24 bits per heavy atom. The first-order valence-electron chi connectivity index (χ1n) is 8.34. The molecule has 0 aliphatic carbocycles. The number of hydrogen-bond acceptors (Lipinski definition) is 6. The van der Waals surface area contributed by atoms with Gasteiger partial charge in [-0.15, -0.1) is 0 Å². The van der Waals surface area contributed by atoms with Gasteiger partial charge in [0.1, 0.15) is 11.6 Å². The summed E-state index contributed by atoms with van der Waals surface area (Å²) < 4.78 is 5.30. The standard InChI is InChI=1S/C18H25N3O3S/c1-6-21(7-2)15-10-14(18(3,4)5)19-17(20-15)25-11-12-8-9-13(24-12)16(22)23/h8-10H,6-7,11H2,1-5H3,(H,22,23). The molecular weight excluding hydrogens is 338 g/mol. The van der Waals surface area contributed by atoms with E-state index in [1.54, 1.807) is 6.07 Å². The Morgan fingerprint density at radius 3 is 2.44 bits per heavy atom. The van der Waals surface area contributed by atoms with Crippen molar-refractivity contribution in [1.82, 2.24) is 9.97 Å². The van der Waals surface area contributed by atoms with Crippen LogP contribution in [0, 0.1) is 0 Å². The summed E-state index contributed by atoms with van der Waals surface area (Å²) in [7, 11) is 0. The molecule has 6 nitrogen and oxygen atoms in total. The Labute approximate surface area is 152 Å². The minimum atomic E-state index is -1.06. The van der Waals surface area contributed by atoms with Crippen molar-refractivity contribution in [2.45, 2.75) is 50.9 Å². The molecule has 0 aliphatic rings. The van der Waals surface area contributed by atoms with Crippen molar-refractivity contribution in [3.8, 4) is 0 Å². The summed E-state index contributed by atoms with van der Waals surface area (Å²) in [5.74, 6) is 0.878. The average molecular weight is 363 g/mol. The number of carbonyl (C=O) groups is 1. The Kier molecular flexibility index (Phi) is 6.11. The molecule has 136 valence electrons. The molecule has 0 unspecified atom stereocenters.